The van der Waals surface area contributed by atoms with Crippen molar-refractivity contribution in [3.05, 3.63) is 29.3 Å². The Kier molecular flexibility index (Phi) is 4.16. The van der Waals surface area contributed by atoms with Gasteiger partial charge in [-0.05, 0) is 44.0 Å². The summed E-state index contributed by atoms with van der Waals surface area (Å²) < 4.78 is 0. The van der Waals surface area contributed by atoms with Crippen LogP contribution >= 0.6 is 0 Å². The number of aromatic carboxylic acids is 1. The maximum absolute atomic E-state index is 12.1. The van der Waals surface area contributed by atoms with Crippen LogP contribution in [0.3, 0.4) is 0 Å². The van der Waals surface area contributed by atoms with Crippen molar-refractivity contribution < 1.29 is 14.7 Å². The Hall–Kier alpha value is -1.88. The SMILES string of the molecule is Cc1c(NC(=O)[C@H]2CCCCN2)cccc1C(=O)O. The molecule has 0 bridgehead atoms. The topological polar surface area (TPSA) is 78.4 Å². The van der Waals surface area contributed by atoms with Gasteiger partial charge in [0.05, 0.1) is 11.6 Å². The van der Waals surface area contributed by atoms with Crippen LogP contribution in [0.25, 0.3) is 0 Å². The van der Waals surface area contributed by atoms with Gasteiger partial charge in [0.25, 0.3) is 0 Å². The van der Waals surface area contributed by atoms with E-state index in [0.29, 0.717) is 11.3 Å². The fraction of sp³-hybridized carbons (Fsp3) is 0.429. The molecule has 1 aromatic rings. The van der Waals surface area contributed by atoms with Gasteiger partial charge in [-0.1, -0.05) is 12.5 Å². The molecule has 0 radical (unpaired) electrons. The molecule has 0 aliphatic carbocycles. The average molecular weight is 262 g/mol. The Labute approximate surface area is 112 Å². The van der Waals surface area contributed by atoms with Gasteiger partial charge in [0, 0.05) is 5.69 Å². The number of hydrogen-bond donors (Lipinski definition) is 3. The number of benzene rings is 1. The van der Waals surface area contributed by atoms with E-state index < -0.39 is 5.97 Å². The van der Waals surface area contributed by atoms with Crippen LogP contribution in [-0.4, -0.2) is 29.6 Å². The summed E-state index contributed by atoms with van der Waals surface area (Å²) in [4.78, 5) is 23.1. The number of piperidine rings is 1. The average Bonchev–Trinajstić information content (AvgIpc) is 2.41. The summed E-state index contributed by atoms with van der Waals surface area (Å²) >= 11 is 0. The van der Waals surface area contributed by atoms with Crippen molar-refractivity contribution >= 4 is 17.6 Å². The summed E-state index contributed by atoms with van der Waals surface area (Å²) in [6.45, 7) is 2.56. The van der Waals surface area contributed by atoms with E-state index in [0.717, 1.165) is 25.8 Å². The summed E-state index contributed by atoms with van der Waals surface area (Å²) in [5, 5.41) is 15.0. The van der Waals surface area contributed by atoms with Crippen LogP contribution in [-0.2, 0) is 4.79 Å². The van der Waals surface area contributed by atoms with Crippen molar-refractivity contribution in [3.8, 4) is 0 Å². The van der Waals surface area contributed by atoms with Crippen molar-refractivity contribution in [2.75, 3.05) is 11.9 Å². The maximum atomic E-state index is 12.1. The minimum Gasteiger partial charge on any atom is -0.478 e. The molecule has 1 heterocycles. The molecule has 1 aliphatic heterocycles. The van der Waals surface area contributed by atoms with Gasteiger partial charge in [-0.3, -0.25) is 4.79 Å². The third-order valence-corrected chi connectivity index (χ3v) is 3.45. The number of hydrogen-bond acceptors (Lipinski definition) is 3. The lowest BCUT2D eigenvalue weighted by molar-refractivity contribution is -0.118. The molecule has 19 heavy (non-hydrogen) atoms. The lowest BCUT2D eigenvalue weighted by atomic mass is 10.0. The highest BCUT2D eigenvalue weighted by molar-refractivity contribution is 5.98. The molecule has 1 saturated heterocycles. The van der Waals surface area contributed by atoms with Crippen LogP contribution < -0.4 is 10.6 Å². The predicted octanol–water partition coefficient (Wildman–Crippen LogP) is 1.77. The summed E-state index contributed by atoms with van der Waals surface area (Å²) in [6.07, 6.45) is 2.96. The van der Waals surface area contributed by atoms with Crippen LogP contribution in [0.2, 0.25) is 0 Å². The number of carboxylic acids is 1. The monoisotopic (exact) mass is 262 g/mol. The number of carbonyl (C=O) groups excluding carboxylic acids is 1. The molecular formula is C14H18N2O3. The van der Waals surface area contributed by atoms with Gasteiger partial charge in [-0.25, -0.2) is 4.79 Å². The van der Waals surface area contributed by atoms with Crippen LogP contribution in [0.1, 0.15) is 35.2 Å². The molecule has 5 heteroatoms. The van der Waals surface area contributed by atoms with E-state index in [9.17, 15) is 9.59 Å². The number of carbonyl (C=O) groups is 2. The Morgan fingerprint density at radius 3 is 2.79 bits per heavy atom. The van der Waals surface area contributed by atoms with Crippen molar-refractivity contribution in [1.82, 2.24) is 5.32 Å². The van der Waals surface area contributed by atoms with E-state index in [-0.39, 0.29) is 17.5 Å². The molecule has 0 unspecified atom stereocenters. The van der Waals surface area contributed by atoms with Gasteiger partial charge in [-0.15, -0.1) is 0 Å². The highest BCUT2D eigenvalue weighted by Crippen LogP contribution is 2.20. The zero-order valence-electron chi connectivity index (χ0n) is 10.9. The first-order valence-electron chi connectivity index (χ1n) is 6.47. The third kappa shape index (κ3) is 3.12. The van der Waals surface area contributed by atoms with E-state index in [1.807, 2.05) is 0 Å². The fourth-order valence-electron chi connectivity index (χ4n) is 2.30. The highest BCUT2D eigenvalue weighted by Gasteiger charge is 2.21. The van der Waals surface area contributed by atoms with Gasteiger partial charge in [0.15, 0.2) is 0 Å². The lowest BCUT2D eigenvalue weighted by Crippen LogP contribution is -2.43. The standard InChI is InChI=1S/C14H18N2O3/c1-9-10(14(18)19)5-4-7-11(9)16-13(17)12-6-2-3-8-15-12/h4-5,7,12,15H,2-3,6,8H2,1H3,(H,16,17)(H,18,19)/t12-/m1/s1. The second-order valence-electron chi connectivity index (χ2n) is 4.78. The quantitative estimate of drug-likeness (QED) is 0.775. The molecule has 1 fully saturated rings. The molecule has 2 rings (SSSR count). The maximum Gasteiger partial charge on any atom is 0.336 e. The summed E-state index contributed by atoms with van der Waals surface area (Å²) in [5.41, 5.74) is 1.37. The number of amides is 1. The van der Waals surface area contributed by atoms with Crippen LogP contribution in [0.15, 0.2) is 18.2 Å². The van der Waals surface area contributed by atoms with Crippen LogP contribution in [0.5, 0.6) is 0 Å². The Morgan fingerprint density at radius 2 is 2.16 bits per heavy atom. The zero-order chi connectivity index (χ0) is 13.8. The minimum absolute atomic E-state index is 0.0923. The molecule has 5 nitrogen and oxygen atoms in total. The largest absolute Gasteiger partial charge is 0.478 e. The zero-order valence-corrected chi connectivity index (χ0v) is 10.9. The molecule has 1 aliphatic rings. The number of carboxylic acid groups (broad SMARTS) is 1. The highest BCUT2D eigenvalue weighted by atomic mass is 16.4. The van der Waals surface area contributed by atoms with Crippen LogP contribution in [0, 0.1) is 6.92 Å². The van der Waals surface area contributed by atoms with E-state index >= 15 is 0 Å². The number of anilines is 1. The van der Waals surface area contributed by atoms with E-state index in [1.54, 1.807) is 19.1 Å². The minimum atomic E-state index is -0.982. The lowest BCUT2D eigenvalue weighted by Gasteiger charge is -2.23. The molecule has 3 N–H and O–H groups in total. The first-order chi connectivity index (χ1) is 9.09. The molecular weight excluding hydrogens is 244 g/mol. The number of rotatable bonds is 3. The van der Waals surface area contributed by atoms with Gasteiger partial charge >= 0.3 is 5.97 Å². The van der Waals surface area contributed by atoms with Gasteiger partial charge < -0.3 is 15.7 Å². The van der Waals surface area contributed by atoms with E-state index in [1.165, 1.54) is 6.07 Å². The molecule has 0 aromatic heterocycles. The van der Waals surface area contributed by atoms with Gasteiger partial charge in [0.2, 0.25) is 5.91 Å². The molecule has 0 spiro atoms. The summed E-state index contributed by atoms with van der Waals surface area (Å²) in [5.74, 6) is -1.07. The molecule has 102 valence electrons. The summed E-state index contributed by atoms with van der Waals surface area (Å²) in [6, 6.07) is 4.72. The Bertz CT molecular complexity index is 493. The van der Waals surface area contributed by atoms with Gasteiger partial charge in [-0.2, -0.15) is 0 Å². The van der Waals surface area contributed by atoms with Crippen molar-refractivity contribution in [3.63, 3.8) is 0 Å². The second-order valence-corrected chi connectivity index (χ2v) is 4.78. The normalized spacial score (nSPS) is 18.9. The van der Waals surface area contributed by atoms with Crippen molar-refractivity contribution in [2.24, 2.45) is 0 Å². The fourth-order valence-corrected chi connectivity index (χ4v) is 2.30. The Balaban J connectivity index is 2.12. The van der Waals surface area contributed by atoms with Crippen LogP contribution in [0.4, 0.5) is 5.69 Å². The van der Waals surface area contributed by atoms with E-state index in [4.69, 9.17) is 5.11 Å². The summed E-state index contributed by atoms with van der Waals surface area (Å²) in [7, 11) is 0. The number of nitrogens with one attached hydrogen (secondary N) is 2. The van der Waals surface area contributed by atoms with Crippen molar-refractivity contribution in [1.29, 1.82) is 0 Å². The second kappa shape index (κ2) is 5.84. The van der Waals surface area contributed by atoms with E-state index in [2.05, 4.69) is 10.6 Å². The van der Waals surface area contributed by atoms with Crippen molar-refractivity contribution in [2.45, 2.75) is 32.2 Å². The molecule has 1 atom stereocenters. The first-order valence-corrected chi connectivity index (χ1v) is 6.47. The first kappa shape index (κ1) is 13.5. The smallest absolute Gasteiger partial charge is 0.336 e. The molecule has 0 saturated carbocycles. The predicted molar refractivity (Wildman–Crippen MR) is 72.4 cm³/mol. The molecule has 1 amide bonds. The Morgan fingerprint density at radius 1 is 1.37 bits per heavy atom. The van der Waals surface area contributed by atoms with Gasteiger partial charge in [0.1, 0.15) is 0 Å². The third-order valence-electron chi connectivity index (χ3n) is 3.45. The molecule has 1 aromatic carbocycles.